The van der Waals surface area contributed by atoms with E-state index in [1.54, 1.807) is 4.57 Å². The van der Waals surface area contributed by atoms with Crippen molar-refractivity contribution in [2.45, 2.75) is 45.0 Å². The van der Waals surface area contributed by atoms with E-state index in [1.807, 2.05) is 27.7 Å². The fourth-order valence-electron chi connectivity index (χ4n) is 2.79. The Hall–Kier alpha value is -1.90. The first kappa shape index (κ1) is 20.8. The maximum Gasteiger partial charge on any atom is 0.263 e. The number of nitrogens with zero attached hydrogens (tertiary/aromatic N) is 2. The van der Waals surface area contributed by atoms with Crippen molar-refractivity contribution in [2.75, 3.05) is 12.4 Å². The summed E-state index contributed by atoms with van der Waals surface area (Å²) in [5.41, 5.74) is 0.942. The molecule has 8 heteroatoms. The highest BCUT2D eigenvalue weighted by Crippen LogP contribution is 2.29. The highest BCUT2D eigenvalue weighted by atomic mass is 32.2. The van der Waals surface area contributed by atoms with Gasteiger partial charge < -0.3 is 9.84 Å². The molecule has 2 heterocycles. The molecule has 1 N–H and O–H groups in total. The highest BCUT2D eigenvalue weighted by Gasteiger charge is 2.19. The number of aryl methyl sites for hydroxylation is 2. The zero-order chi connectivity index (χ0) is 20.4. The van der Waals surface area contributed by atoms with Gasteiger partial charge in [-0.05, 0) is 57.5 Å². The van der Waals surface area contributed by atoms with Crippen LogP contribution in [-0.4, -0.2) is 33.1 Å². The van der Waals surface area contributed by atoms with Crippen molar-refractivity contribution in [1.82, 2.24) is 9.55 Å². The Morgan fingerprint density at radius 3 is 2.61 bits per heavy atom. The summed E-state index contributed by atoms with van der Waals surface area (Å²) in [7, 11) is 0. The van der Waals surface area contributed by atoms with Gasteiger partial charge in [-0.3, -0.25) is 9.36 Å². The normalized spacial score (nSPS) is 12.7. The number of fused-ring (bicyclic) bond motifs is 1. The smallest absolute Gasteiger partial charge is 0.263 e. The number of aliphatic hydroxyl groups is 1. The van der Waals surface area contributed by atoms with Crippen LogP contribution >= 0.6 is 23.1 Å². The van der Waals surface area contributed by atoms with Crippen LogP contribution in [-0.2, 0) is 0 Å². The number of ether oxygens (including phenoxy) is 1. The summed E-state index contributed by atoms with van der Waals surface area (Å²) in [6.07, 6.45) is -0.755. The van der Waals surface area contributed by atoms with E-state index in [4.69, 9.17) is 4.74 Å². The molecule has 0 radical (unpaired) electrons. The van der Waals surface area contributed by atoms with Crippen LogP contribution in [0.4, 0.5) is 4.39 Å². The Morgan fingerprint density at radius 2 is 1.96 bits per heavy atom. The molecule has 0 amide bonds. The molecule has 1 atom stereocenters. The summed E-state index contributed by atoms with van der Waals surface area (Å²) in [5.74, 6) is 0.485. The van der Waals surface area contributed by atoms with Crippen LogP contribution in [0, 0.1) is 19.7 Å². The second-order valence-corrected chi connectivity index (χ2v) is 9.05. The molecule has 0 saturated carbocycles. The number of thioether (sulfide) groups is 1. The molecule has 2 aromatic heterocycles. The van der Waals surface area contributed by atoms with Crippen molar-refractivity contribution in [3.8, 4) is 5.75 Å². The van der Waals surface area contributed by atoms with E-state index < -0.39 is 6.10 Å². The molecular weight excluding hydrogens is 399 g/mol. The van der Waals surface area contributed by atoms with Crippen LogP contribution < -0.4 is 10.3 Å². The number of halogens is 1. The first-order chi connectivity index (χ1) is 13.3. The molecule has 0 aliphatic rings. The Kier molecular flexibility index (Phi) is 6.42. The molecule has 3 rings (SSSR count). The fourth-order valence-corrected chi connectivity index (χ4v) is 4.89. The van der Waals surface area contributed by atoms with Crippen molar-refractivity contribution >= 4 is 33.3 Å². The second-order valence-electron chi connectivity index (χ2n) is 6.86. The number of aliphatic hydroxyl groups excluding tert-OH is 1. The zero-order valence-corrected chi connectivity index (χ0v) is 17.9. The lowest BCUT2D eigenvalue weighted by Crippen LogP contribution is -2.26. The van der Waals surface area contributed by atoms with E-state index in [9.17, 15) is 14.3 Å². The fraction of sp³-hybridized carbons (Fsp3) is 0.400. The number of rotatable bonds is 7. The van der Waals surface area contributed by atoms with Gasteiger partial charge in [0, 0.05) is 16.7 Å². The van der Waals surface area contributed by atoms with Gasteiger partial charge in [-0.2, -0.15) is 0 Å². The topological polar surface area (TPSA) is 64.4 Å². The molecule has 150 valence electrons. The lowest BCUT2D eigenvalue weighted by molar-refractivity contribution is 0.126. The molecule has 0 bridgehead atoms. The van der Waals surface area contributed by atoms with E-state index in [-0.39, 0.29) is 24.0 Å². The molecule has 0 saturated heterocycles. The molecule has 0 aliphatic carbocycles. The number of aromatic nitrogens is 2. The van der Waals surface area contributed by atoms with Gasteiger partial charge in [-0.15, -0.1) is 11.3 Å². The second kappa shape index (κ2) is 8.63. The van der Waals surface area contributed by atoms with Crippen molar-refractivity contribution in [2.24, 2.45) is 0 Å². The third-order valence-electron chi connectivity index (χ3n) is 4.38. The Bertz CT molecular complexity index is 1030. The first-order valence-corrected chi connectivity index (χ1v) is 10.8. The van der Waals surface area contributed by atoms with Gasteiger partial charge in [0.15, 0.2) is 5.16 Å². The predicted octanol–water partition coefficient (Wildman–Crippen LogP) is 4.33. The van der Waals surface area contributed by atoms with Gasteiger partial charge in [0.1, 0.15) is 23.0 Å². The number of hydrogen-bond donors (Lipinski definition) is 1. The lowest BCUT2D eigenvalue weighted by Gasteiger charge is -2.17. The average molecular weight is 423 g/mol. The van der Waals surface area contributed by atoms with Crippen molar-refractivity contribution in [3.05, 3.63) is 50.9 Å². The standard InChI is InChI=1S/C20H23FN2O3S2/c1-11(2)23-19(25)17-12(3)13(4)28-18(17)22-20(23)27-10-15(24)9-26-16-7-5-14(21)6-8-16/h5-8,11,15,24H,9-10H2,1-4H3. The van der Waals surface area contributed by atoms with E-state index >= 15 is 0 Å². The van der Waals surface area contributed by atoms with Gasteiger partial charge in [-0.25, -0.2) is 9.37 Å². The summed E-state index contributed by atoms with van der Waals surface area (Å²) >= 11 is 2.85. The van der Waals surface area contributed by atoms with Crippen LogP contribution in [0.3, 0.4) is 0 Å². The molecule has 1 aromatic carbocycles. The Morgan fingerprint density at radius 1 is 1.29 bits per heavy atom. The van der Waals surface area contributed by atoms with Crippen LogP contribution in [0.1, 0.15) is 30.3 Å². The molecule has 1 unspecified atom stereocenters. The van der Waals surface area contributed by atoms with Gasteiger partial charge >= 0.3 is 0 Å². The molecule has 0 fully saturated rings. The highest BCUT2D eigenvalue weighted by molar-refractivity contribution is 7.99. The summed E-state index contributed by atoms with van der Waals surface area (Å²) in [4.78, 5) is 19.5. The van der Waals surface area contributed by atoms with E-state index in [0.29, 0.717) is 22.0 Å². The molecule has 28 heavy (non-hydrogen) atoms. The van der Waals surface area contributed by atoms with Crippen LogP contribution in [0.25, 0.3) is 10.2 Å². The molecular formula is C20H23FN2O3S2. The van der Waals surface area contributed by atoms with Crippen LogP contribution in [0.5, 0.6) is 5.75 Å². The summed E-state index contributed by atoms with van der Waals surface area (Å²) < 4.78 is 20.1. The molecule has 3 aromatic rings. The number of benzene rings is 1. The maximum absolute atomic E-state index is 13.0. The molecule has 0 aliphatic heterocycles. The Balaban J connectivity index is 1.75. The third kappa shape index (κ3) is 4.39. The lowest BCUT2D eigenvalue weighted by atomic mass is 10.2. The summed E-state index contributed by atoms with van der Waals surface area (Å²) in [6.45, 7) is 7.91. The number of hydrogen-bond acceptors (Lipinski definition) is 6. The van der Waals surface area contributed by atoms with Gasteiger partial charge in [0.05, 0.1) is 11.5 Å². The minimum absolute atomic E-state index is 0.0404. The van der Waals surface area contributed by atoms with Gasteiger partial charge in [0.2, 0.25) is 0 Å². The van der Waals surface area contributed by atoms with Crippen LogP contribution in [0.15, 0.2) is 34.2 Å². The molecule has 5 nitrogen and oxygen atoms in total. The number of thiophene rings is 1. The largest absolute Gasteiger partial charge is 0.491 e. The van der Waals surface area contributed by atoms with Crippen molar-refractivity contribution in [3.63, 3.8) is 0 Å². The quantitative estimate of drug-likeness (QED) is 0.454. The average Bonchev–Trinajstić information content (AvgIpc) is 2.93. The van der Waals surface area contributed by atoms with E-state index in [0.717, 1.165) is 15.3 Å². The van der Waals surface area contributed by atoms with Gasteiger partial charge in [-0.1, -0.05) is 11.8 Å². The zero-order valence-electron chi connectivity index (χ0n) is 16.2. The van der Waals surface area contributed by atoms with Crippen molar-refractivity contribution in [1.29, 1.82) is 0 Å². The SMILES string of the molecule is Cc1sc2nc(SCC(O)COc3ccc(F)cc3)n(C(C)C)c(=O)c2c1C. The third-order valence-corrected chi connectivity index (χ3v) is 6.58. The molecule has 0 spiro atoms. The van der Waals surface area contributed by atoms with E-state index in [1.165, 1.54) is 47.4 Å². The van der Waals surface area contributed by atoms with E-state index in [2.05, 4.69) is 4.98 Å². The van der Waals surface area contributed by atoms with Gasteiger partial charge in [0.25, 0.3) is 5.56 Å². The first-order valence-electron chi connectivity index (χ1n) is 8.99. The monoisotopic (exact) mass is 422 g/mol. The van der Waals surface area contributed by atoms with Crippen molar-refractivity contribution < 1.29 is 14.2 Å². The van der Waals surface area contributed by atoms with Crippen LogP contribution in [0.2, 0.25) is 0 Å². The predicted molar refractivity (Wildman–Crippen MR) is 112 cm³/mol. The maximum atomic E-state index is 13.0. The minimum atomic E-state index is -0.755. The summed E-state index contributed by atoms with van der Waals surface area (Å²) in [5, 5.41) is 11.5. The summed E-state index contributed by atoms with van der Waals surface area (Å²) in [6, 6.07) is 5.61. The minimum Gasteiger partial charge on any atom is -0.491 e. The Labute approximate surface area is 171 Å².